The van der Waals surface area contributed by atoms with Gasteiger partial charge in [0.05, 0.1) is 14.4 Å². The molecule has 7 nitrogen and oxygen atoms in total. The summed E-state index contributed by atoms with van der Waals surface area (Å²) in [6.07, 6.45) is 21.3. The topological polar surface area (TPSA) is 108 Å². The van der Waals surface area contributed by atoms with Gasteiger partial charge >= 0.3 is 5.97 Å². The Morgan fingerprint density at radius 3 is 1.53 bits per heavy atom. The Morgan fingerprint density at radius 2 is 1.12 bits per heavy atom. The van der Waals surface area contributed by atoms with Gasteiger partial charge in [0.15, 0.2) is 6.29 Å². The summed E-state index contributed by atoms with van der Waals surface area (Å²) < 4.78 is 24.4. The molecule has 0 spiro atoms. The zero-order chi connectivity index (χ0) is 23.9. The highest BCUT2D eigenvalue weighted by atomic mass is 31.2. The van der Waals surface area contributed by atoms with E-state index in [0.29, 0.717) is 6.42 Å². The van der Waals surface area contributed by atoms with Gasteiger partial charge in [-0.2, -0.15) is 0 Å². The minimum Gasteiger partial charge on any atom is -0.790 e. The molecule has 0 rings (SSSR count). The molecule has 8 heteroatoms. The third-order valence-corrected chi connectivity index (χ3v) is 6.02. The van der Waals surface area contributed by atoms with E-state index in [4.69, 9.17) is 9.47 Å². The lowest BCUT2D eigenvalue weighted by Crippen LogP contribution is -2.24. The third-order valence-electron chi connectivity index (χ3n) is 5.46. The van der Waals surface area contributed by atoms with E-state index >= 15 is 0 Å². The SMILES string of the molecule is CCCCCCCCCCCCCCCCCCCC(=O)OCCOC(C)OP(=O)([O-])[O-]. The Morgan fingerprint density at radius 1 is 0.719 bits per heavy atom. The summed E-state index contributed by atoms with van der Waals surface area (Å²) >= 11 is 0. The van der Waals surface area contributed by atoms with Gasteiger partial charge in [0.1, 0.15) is 6.61 Å². The van der Waals surface area contributed by atoms with Crippen LogP contribution in [0.2, 0.25) is 0 Å². The highest BCUT2D eigenvalue weighted by molar-refractivity contribution is 7.43. The van der Waals surface area contributed by atoms with E-state index in [-0.39, 0.29) is 19.2 Å². The maximum Gasteiger partial charge on any atom is 0.305 e. The van der Waals surface area contributed by atoms with Crippen molar-refractivity contribution in [1.29, 1.82) is 0 Å². The van der Waals surface area contributed by atoms with Crippen LogP contribution in [-0.4, -0.2) is 25.5 Å². The van der Waals surface area contributed by atoms with Crippen molar-refractivity contribution in [2.75, 3.05) is 13.2 Å². The summed E-state index contributed by atoms with van der Waals surface area (Å²) in [5, 5.41) is 0. The van der Waals surface area contributed by atoms with Crippen LogP contribution in [0, 0.1) is 0 Å². The van der Waals surface area contributed by atoms with Gasteiger partial charge in [-0.1, -0.05) is 110 Å². The first-order valence-corrected chi connectivity index (χ1v) is 14.3. The van der Waals surface area contributed by atoms with E-state index in [1.807, 2.05) is 0 Å². The predicted octanol–water partition coefficient (Wildman–Crippen LogP) is 5.78. The average Bonchev–Trinajstić information content (AvgIpc) is 2.72. The molecular weight excluding hydrogens is 431 g/mol. The quantitative estimate of drug-likeness (QED) is 0.0749. The molecule has 0 fully saturated rings. The first-order valence-electron chi connectivity index (χ1n) is 12.8. The lowest BCUT2D eigenvalue weighted by atomic mass is 10.0. The number of phosphoric acid groups is 1. The van der Waals surface area contributed by atoms with Crippen molar-refractivity contribution in [3.05, 3.63) is 0 Å². The molecule has 0 bridgehead atoms. The summed E-state index contributed by atoms with van der Waals surface area (Å²) in [6.45, 7) is 3.54. The molecule has 0 amide bonds. The van der Waals surface area contributed by atoms with Crippen LogP contribution in [0.15, 0.2) is 0 Å². The smallest absolute Gasteiger partial charge is 0.305 e. The molecule has 0 aliphatic rings. The number of esters is 1. The molecule has 1 atom stereocenters. The summed E-state index contributed by atoms with van der Waals surface area (Å²) in [7, 11) is -5.06. The number of phosphoric ester groups is 1. The molecule has 0 aromatic carbocycles. The van der Waals surface area contributed by atoms with Crippen LogP contribution in [0.3, 0.4) is 0 Å². The first-order chi connectivity index (χ1) is 15.3. The Balaban J connectivity index is 3.25. The zero-order valence-corrected chi connectivity index (χ0v) is 21.4. The van der Waals surface area contributed by atoms with Crippen LogP contribution >= 0.6 is 7.82 Å². The normalized spacial score (nSPS) is 12.8. The van der Waals surface area contributed by atoms with E-state index in [0.717, 1.165) is 19.3 Å². The summed E-state index contributed by atoms with van der Waals surface area (Å²) in [5.74, 6) is -0.290. The summed E-state index contributed by atoms with van der Waals surface area (Å²) in [4.78, 5) is 32.4. The number of carbonyl (C=O) groups excluding carboxylic acids is 1. The highest BCUT2D eigenvalue weighted by Crippen LogP contribution is 2.27. The third kappa shape index (κ3) is 25.8. The van der Waals surface area contributed by atoms with Crippen molar-refractivity contribution in [3.63, 3.8) is 0 Å². The molecule has 0 saturated carbocycles. The van der Waals surface area contributed by atoms with Gasteiger partial charge in [-0.15, -0.1) is 0 Å². The van der Waals surface area contributed by atoms with E-state index in [1.165, 1.54) is 96.8 Å². The van der Waals surface area contributed by atoms with Crippen molar-refractivity contribution in [2.45, 2.75) is 136 Å². The lowest BCUT2D eigenvalue weighted by molar-refractivity contribution is -0.352. The van der Waals surface area contributed by atoms with Gasteiger partial charge in [0.2, 0.25) is 0 Å². The second-order valence-electron chi connectivity index (χ2n) is 8.62. The average molecular weight is 479 g/mol. The van der Waals surface area contributed by atoms with Crippen LogP contribution in [0.4, 0.5) is 0 Å². The maximum absolute atomic E-state index is 11.6. The Bertz CT molecular complexity index is 467. The molecule has 0 aromatic heterocycles. The molecule has 192 valence electrons. The van der Waals surface area contributed by atoms with Gasteiger partial charge in [0.25, 0.3) is 0 Å². The second-order valence-corrected chi connectivity index (χ2v) is 9.72. The number of ether oxygens (including phenoxy) is 2. The first kappa shape index (κ1) is 31.5. The van der Waals surface area contributed by atoms with Crippen molar-refractivity contribution in [3.8, 4) is 0 Å². The monoisotopic (exact) mass is 478 g/mol. The Kier molecular flexibility index (Phi) is 22.0. The van der Waals surface area contributed by atoms with Crippen LogP contribution in [0.5, 0.6) is 0 Å². The van der Waals surface area contributed by atoms with Gasteiger partial charge in [0, 0.05) is 6.42 Å². The molecule has 0 saturated heterocycles. The molecule has 0 aromatic rings. The number of hydrogen-bond donors (Lipinski definition) is 0. The molecule has 1 unspecified atom stereocenters. The Labute approximate surface area is 196 Å². The standard InChI is InChI=1S/C24H49O7P/c1-3-4-5-6-7-8-9-10-11-12-13-14-15-16-17-18-19-20-24(25)30-22-21-29-23(2)31-32(26,27)28/h23H,3-22H2,1-2H3,(H2,26,27,28)/p-2. The van der Waals surface area contributed by atoms with Crippen molar-refractivity contribution in [2.24, 2.45) is 0 Å². The van der Waals surface area contributed by atoms with Crippen molar-refractivity contribution < 1.29 is 33.1 Å². The lowest BCUT2D eigenvalue weighted by Gasteiger charge is -2.31. The minimum absolute atomic E-state index is 0.00745. The number of rotatable bonds is 24. The molecule has 0 N–H and O–H groups in total. The maximum atomic E-state index is 11.6. The summed E-state index contributed by atoms with van der Waals surface area (Å²) in [5.41, 5.74) is 0. The molecule has 0 aliphatic heterocycles. The van der Waals surface area contributed by atoms with Crippen LogP contribution in [-0.2, 0) is 23.4 Å². The predicted molar refractivity (Wildman–Crippen MR) is 124 cm³/mol. The van der Waals surface area contributed by atoms with E-state index in [2.05, 4.69) is 11.4 Å². The summed E-state index contributed by atoms with van der Waals surface area (Å²) in [6, 6.07) is 0. The van der Waals surface area contributed by atoms with Crippen LogP contribution in [0.25, 0.3) is 0 Å². The fourth-order valence-corrected chi connectivity index (χ4v) is 4.07. The largest absolute Gasteiger partial charge is 0.790 e. The van der Waals surface area contributed by atoms with Crippen LogP contribution < -0.4 is 9.79 Å². The number of unbranched alkanes of at least 4 members (excludes halogenated alkanes) is 16. The molecule has 0 aliphatic carbocycles. The van der Waals surface area contributed by atoms with Crippen molar-refractivity contribution >= 4 is 13.8 Å². The van der Waals surface area contributed by atoms with Gasteiger partial charge in [-0.3, -0.25) is 4.79 Å². The van der Waals surface area contributed by atoms with Crippen LogP contribution in [0.1, 0.15) is 129 Å². The molecule has 0 heterocycles. The van der Waals surface area contributed by atoms with E-state index in [1.54, 1.807) is 0 Å². The molecule has 0 radical (unpaired) electrons. The Hall–Kier alpha value is -0.460. The van der Waals surface area contributed by atoms with Gasteiger partial charge < -0.3 is 28.3 Å². The number of carbonyl (C=O) groups is 1. The minimum atomic E-state index is -5.06. The van der Waals surface area contributed by atoms with Gasteiger partial charge in [-0.25, -0.2) is 0 Å². The van der Waals surface area contributed by atoms with E-state index < -0.39 is 14.1 Å². The second kappa shape index (κ2) is 22.3. The van der Waals surface area contributed by atoms with E-state index in [9.17, 15) is 19.1 Å². The molecule has 32 heavy (non-hydrogen) atoms. The fourth-order valence-electron chi connectivity index (χ4n) is 3.65. The molecular formula is C24H47O7P-2. The number of hydrogen-bond acceptors (Lipinski definition) is 7. The zero-order valence-electron chi connectivity index (χ0n) is 20.5. The highest BCUT2D eigenvalue weighted by Gasteiger charge is 2.06. The van der Waals surface area contributed by atoms with Crippen molar-refractivity contribution in [1.82, 2.24) is 0 Å². The fraction of sp³-hybridized carbons (Fsp3) is 0.958. The van der Waals surface area contributed by atoms with Gasteiger partial charge in [-0.05, 0) is 13.3 Å².